The lowest BCUT2D eigenvalue weighted by Gasteiger charge is -2.23. The van der Waals surface area contributed by atoms with Crippen molar-refractivity contribution in [3.05, 3.63) is 82.4 Å². The number of methoxy groups -OCH3 is 1. The van der Waals surface area contributed by atoms with Crippen molar-refractivity contribution in [3.63, 3.8) is 0 Å². The molecule has 1 amide bonds. The van der Waals surface area contributed by atoms with Gasteiger partial charge in [0.15, 0.2) is 5.13 Å². The van der Waals surface area contributed by atoms with Crippen molar-refractivity contribution in [3.8, 4) is 5.75 Å². The van der Waals surface area contributed by atoms with E-state index in [1.807, 2.05) is 6.92 Å². The average molecular weight is 464 g/mol. The number of hydrogen-bond acceptors (Lipinski definition) is 8. The molecule has 3 aromatic rings. The third-order valence-corrected chi connectivity index (χ3v) is 5.91. The van der Waals surface area contributed by atoms with Crippen LogP contribution in [0, 0.1) is 0 Å². The van der Waals surface area contributed by atoms with Crippen molar-refractivity contribution < 1.29 is 29.0 Å². The van der Waals surface area contributed by atoms with Gasteiger partial charge in [-0.1, -0.05) is 24.3 Å². The molecule has 2 heterocycles. The van der Waals surface area contributed by atoms with Gasteiger partial charge in [0, 0.05) is 17.1 Å². The Bertz CT molecular complexity index is 1230. The quantitative estimate of drug-likeness (QED) is 0.255. The summed E-state index contributed by atoms with van der Waals surface area (Å²) in [6.45, 7) is 2.27. The standard InChI is InChI=1S/C24H20N2O6S/c1-3-32-17-6-4-5-16(13-17)20(27)18-19(14-7-9-15(10-8-14)23(30)31-2)26(22(29)21(18)28)24-25-11-12-33-24/h4-13,19,27H,3H2,1-2H3/b20-18+. The van der Waals surface area contributed by atoms with E-state index in [2.05, 4.69) is 4.98 Å². The van der Waals surface area contributed by atoms with E-state index in [0.29, 0.717) is 34.2 Å². The number of Topliss-reactive ketones (excluding diaryl/α,β-unsaturated/α-hetero) is 1. The molecule has 168 valence electrons. The molecule has 0 saturated carbocycles. The van der Waals surface area contributed by atoms with Crippen LogP contribution in [0.3, 0.4) is 0 Å². The van der Waals surface area contributed by atoms with Gasteiger partial charge in [0.1, 0.15) is 11.5 Å². The smallest absolute Gasteiger partial charge is 0.337 e. The molecule has 0 radical (unpaired) electrons. The molecule has 1 fully saturated rings. The number of carbonyl (C=O) groups is 3. The van der Waals surface area contributed by atoms with Crippen molar-refractivity contribution in [1.82, 2.24) is 4.98 Å². The first-order valence-corrected chi connectivity index (χ1v) is 11.0. The lowest BCUT2D eigenvalue weighted by Crippen LogP contribution is -2.29. The Labute approximate surface area is 193 Å². The molecule has 0 aliphatic carbocycles. The Balaban J connectivity index is 1.88. The van der Waals surface area contributed by atoms with Crippen LogP contribution in [0.25, 0.3) is 5.76 Å². The zero-order valence-corrected chi connectivity index (χ0v) is 18.7. The minimum absolute atomic E-state index is 0.0744. The number of hydrogen-bond donors (Lipinski definition) is 1. The topological polar surface area (TPSA) is 106 Å². The van der Waals surface area contributed by atoms with E-state index in [1.165, 1.54) is 29.5 Å². The van der Waals surface area contributed by atoms with Crippen LogP contribution >= 0.6 is 11.3 Å². The molecule has 1 aromatic heterocycles. The summed E-state index contributed by atoms with van der Waals surface area (Å²) in [5, 5.41) is 13.2. The monoisotopic (exact) mass is 464 g/mol. The molecule has 1 unspecified atom stereocenters. The molecule has 0 bridgehead atoms. The van der Waals surface area contributed by atoms with Crippen LogP contribution in [-0.4, -0.2) is 41.5 Å². The fourth-order valence-electron chi connectivity index (χ4n) is 3.65. The van der Waals surface area contributed by atoms with Crippen LogP contribution < -0.4 is 9.64 Å². The number of rotatable bonds is 6. The van der Waals surface area contributed by atoms with E-state index < -0.39 is 23.7 Å². The number of benzene rings is 2. The number of esters is 1. The SMILES string of the molecule is CCOc1cccc(/C(O)=C2\C(=O)C(=O)N(c3nccs3)C2c2ccc(C(=O)OC)cc2)c1. The number of carbonyl (C=O) groups excluding carboxylic acids is 3. The number of anilines is 1. The third-order valence-electron chi connectivity index (χ3n) is 5.14. The summed E-state index contributed by atoms with van der Waals surface area (Å²) in [6, 6.07) is 12.0. The van der Waals surface area contributed by atoms with Gasteiger partial charge in [0.2, 0.25) is 0 Å². The van der Waals surface area contributed by atoms with Crippen molar-refractivity contribution in [2.75, 3.05) is 18.6 Å². The lowest BCUT2D eigenvalue weighted by atomic mass is 9.94. The maximum atomic E-state index is 13.1. The van der Waals surface area contributed by atoms with Gasteiger partial charge in [-0.3, -0.25) is 14.5 Å². The fraction of sp³-hybridized carbons (Fsp3) is 0.167. The highest BCUT2D eigenvalue weighted by atomic mass is 32.1. The first-order chi connectivity index (χ1) is 16.0. The molecule has 0 spiro atoms. The predicted octanol–water partition coefficient (Wildman–Crippen LogP) is 3.95. The van der Waals surface area contributed by atoms with E-state index in [9.17, 15) is 19.5 Å². The molecular weight excluding hydrogens is 444 g/mol. The number of amides is 1. The third kappa shape index (κ3) is 4.10. The first-order valence-electron chi connectivity index (χ1n) is 10.1. The van der Waals surface area contributed by atoms with Crippen molar-refractivity contribution in [2.24, 2.45) is 0 Å². The predicted molar refractivity (Wildman–Crippen MR) is 122 cm³/mol. The molecule has 9 heteroatoms. The highest BCUT2D eigenvalue weighted by Crippen LogP contribution is 2.42. The summed E-state index contributed by atoms with van der Waals surface area (Å²) < 4.78 is 10.2. The lowest BCUT2D eigenvalue weighted by molar-refractivity contribution is -0.132. The van der Waals surface area contributed by atoms with Gasteiger partial charge in [-0.25, -0.2) is 9.78 Å². The van der Waals surface area contributed by atoms with Crippen molar-refractivity contribution in [2.45, 2.75) is 13.0 Å². The van der Waals surface area contributed by atoms with Gasteiger partial charge in [-0.15, -0.1) is 11.3 Å². The van der Waals surface area contributed by atoms with Gasteiger partial charge in [0.05, 0.1) is 30.9 Å². The van der Waals surface area contributed by atoms with E-state index in [0.717, 1.165) is 0 Å². The average Bonchev–Trinajstić information content (AvgIpc) is 3.45. The number of ketones is 1. The highest BCUT2D eigenvalue weighted by molar-refractivity contribution is 7.14. The summed E-state index contributed by atoms with van der Waals surface area (Å²) in [6.07, 6.45) is 1.53. The van der Waals surface area contributed by atoms with Crippen molar-refractivity contribution >= 4 is 39.9 Å². The number of aliphatic hydroxyl groups excluding tert-OH is 1. The summed E-state index contributed by atoms with van der Waals surface area (Å²) in [5.41, 5.74) is 1.11. The van der Waals surface area contributed by atoms with Crippen LogP contribution in [0.5, 0.6) is 5.75 Å². The minimum Gasteiger partial charge on any atom is -0.507 e. The maximum absolute atomic E-state index is 13.1. The molecule has 1 saturated heterocycles. The minimum atomic E-state index is -0.932. The molecule has 1 aliphatic rings. The Morgan fingerprint density at radius 2 is 1.91 bits per heavy atom. The second-order valence-electron chi connectivity index (χ2n) is 7.06. The first kappa shape index (κ1) is 22.2. The molecule has 1 aliphatic heterocycles. The normalized spacial score (nSPS) is 17.3. The van der Waals surface area contributed by atoms with Crippen LogP contribution in [-0.2, 0) is 14.3 Å². The van der Waals surface area contributed by atoms with Crippen LogP contribution in [0.4, 0.5) is 5.13 Å². The fourth-order valence-corrected chi connectivity index (χ4v) is 4.32. The number of thiazole rings is 1. The molecular formula is C24H20N2O6S. The number of aromatic nitrogens is 1. The van der Waals surface area contributed by atoms with Gasteiger partial charge in [-0.05, 0) is 36.8 Å². The Morgan fingerprint density at radius 1 is 1.15 bits per heavy atom. The van der Waals surface area contributed by atoms with Crippen LogP contribution in [0.1, 0.15) is 34.5 Å². The number of aliphatic hydroxyl groups is 1. The summed E-state index contributed by atoms with van der Waals surface area (Å²) >= 11 is 1.20. The summed E-state index contributed by atoms with van der Waals surface area (Å²) in [5.74, 6) is -1.94. The molecule has 1 N–H and O–H groups in total. The van der Waals surface area contributed by atoms with Gasteiger partial charge < -0.3 is 14.6 Å². The van der Waals surface area contributed by atoms with Crippen molar-refractivity contribution in [1.29, 1.82) is 0 Å². The van der Waals surface area contributed by atoms with E-state index in [4.69, 9.17) is 9.47 Å². The molecule has 4 rings (SSSR count). The van der Waals surface area contributed by atoms with E-state index in [1.54, 1.807) is 53.9 Å². The molecule has 2 aromatic carbocycles. The number of ether oxygens (including phenoxy) is 2. The van der Waals surface area contributed by atoms with Gasteiger partial charge in [-0.2, -0.15) is 0 Å². The highest BCUT2D eigenvalue weighted by Gasteiger charge is 2.48. The zero-order valence-electron chi connectivity index (χ0n) is 17.8. The van der Waals surface area contributed by atoms with E-state index in [-0.39, 0.29) is 11.3 Å². The largest absolute Gasteiger partial charge is 0.507 e. The van der Waals surface area contributed by atoms with E-state index >= 15 is 0 Å². The molecule has 1 atom stereocenters. The Hall–Kier alpha value is -3.98. The zero-order chi connectivity index (χ0) is 23.5. The second-order valence-corrected chi connectivity index (χ2v) is 7.93. The van der Waals surface area contributed by atoms with Crippen LogP contribution in [0.15, 0.2) is 65.7 Å². The Kier molecular flexibility index (Phi) is 6.23. The second kappa shape index (κ2) is 9.25. The molecule has 33 heavy (non-hydrogen) atoms. The number of nitrogens with zero attached hydrogens (tertiary/aromatic N) is 2. The summed E-state index contributed by atoms with van der Waals surface area (Å²) in [7, 11) is 1.28. The van der Waals surface area contributed by atoms with Crippen LogP contribution in [0.2, 0.25) is 0 Å². The molecule has 8 nitrogen and oxygen atoms in total. The summed E-state index contributed by atoms with van der Waals surface area (Å²) in [4.78, 5) is 43.4. The Morgan fingerprint density at radius 3 is 2.55 bits per heavy atom. The maximum Gasteiger partial charge on any atom is 0.337 e. The van der Waals surface area contributed by atoms with Gasteiger partial charge >= 0.3 is 11.9 Å². The van der Waals surface area contributed by atoms with Gasteiger partial charge in [0.25, 0.3) is 5.78 Å².